The molecule has 1 aromatic heterocycles. The van der Waals surface area contributed by atoms with E-state index in [1.54, 1.807) is 28.6 Å². The van der Waals surface area contributed by atoms with Crippen molar-refractivity contribution < 1.29 is 4.39 Å². The molecule has 18 heavy (non-hydrogen) atoms. The van der Waals surface area contributed by atoms with Gasteiger partial charge in [0.2, 0.25) is 0 Å². The number of nitrogens with one attached hydrogen (secondary N) is 1. The van der Waals surface area contributed by atoms with E-state index in [9.17, 15) is 4.39 Å². The average Bonchev–Trinajstić information content (AvgIpc) is 2.79. The molecule has 0 saturated heterocycles. The molecule has 0 spiro atoms. The largest absolute Gasteiger partial charge is 0.311 e. The van der Waals surface area contributed by atoms with Crippen LogP contribution in [-0.4, -0.2) is 22.6 Å². The van der Waals surface area contributed by atoms with Crippen LogP contribution in [0.5, 0.6) is 0 Å². The summed E-state index contributed by atoms with van der Waals surface area (Å²) in [6.07, 6.45) is 1.93. The van der Waals surface area contributed by atoms with Crippen LogP contribution in [0.15, 0.2) is 41.4 Å². The van der Waals surface area contributed by atoms with E-state index in [-0.39, 0.29) is 11.9 Å². The van der Waals surface area contributed by atoms with Crippen LogP contribution in [0.1, 0.15) is 11.7 Å². The van der Waals surface area contributed by atoms with E-state index in [4.69, 9.17) is 0 Å². The van der Waals surface area contributed by atoms with Gasteiger partial charge in [0.25, 0.3) is 0 Å². The second kappa shape index (κ2) is 6.02. The first kappa shape index (κ1) is 13.1. The molecule has 0 aliphatic heterocycles. The molecule has 2 rings (SSSR count). The minimum atomic E-state index is -0.200. The molecule has 1 aromatic carbocycles. The molecule has 1 atom stereocenters. The molecule has 0 radical (unpaired) electrons. The quantitative estimate of drug-likeness (QED) is 0.843. The predicted molar refractivity (Wildman–Crippen MR) is 72.1 cm³/mol. The summed E-state index contributed by atoms with van der Waals surface area (Å²) in [5, 5.41) is 7.63. The van der Waals surface area contributed by atoms with Gasteiger partial charge in [-0.3, -0.25) is 4.68 Å². The van der Waals surface area contributed by atoms with E-state index < -0.39 is 0 Å². The number of aromatic nitrogens is 2. The maximum atomic E-state index is 12.8. The molecule has 0 aliphatic carbocycles. The van der Waals surface area contributed by atoms with Gasteiger partial charge >= 0.3 is 0 Å². The molecule has 2 aromatic rings. The molecule has 5 heteroatoms. The lowest BCUT2D eigenvalue weighted by Gasteiger charge is -2.13. The second-order valence-corrected chi connectivity index (χ2v) is 5.11. The highest BCUT2D eigenvalue weighted by Crippen LogP contribution is 2.23. The summed E-state index contributed by atoms with van der Waals surface area (Å²) >= 11 is 1.69. The minimum absolute atomic E-state index is 0.196. The number of hydrogen-bond donors (Lipinski definition) is 1. The summed E-state index contributed by atoms with van der Waals surface area (Å²) in [5.41, 5.74) is 1.02. The third kappa shape index (κ3) is 3.34. The summed E-state index contributed by atoms with van der Waals surface area (Å²) in [4.78, 5) is 1.06. The Morgan fingerprint density at radius 3 is 2.61 bits per heavy atom. The van der Waals surface area contributed by atoms with Gasteiger partial charge in [0, 0.05) is 23.9 Å². The highest BCUT2D eigenvalue weighted by molar-refractivity contribution is 7.99. The van der Waals surface area contributed by atoms with Crippen molar-refractivity contribution in [1.82, 2.24) is 15.1 Å². The Morgan fingerprint density at radius 2 is 2.06 bits per heavy atom. The molecule has 0 amide bonds. The molecular weight excluding hydrogens is 249 g/mol. The van der Waals surface area contributed by atoms with E-state index in [0.29, 0.717) is 0 Å². The van der Waals surface area contributed by atoms with Crippen molar-refractivity contribution in [3.63, 3.8) is 0 Å². The van der Waals surface area contributed by atoms with Crippen molar-refractivity contribution in [3.8, 4) is 0 Å². The Morgan fingerprint density at radius 1 is 1.33 bits per heavy atom. The number of nitrogens with zero attached hydrogens (tertiary/aromatic N) is 2. The zero-order valence-corrected chi connectivity index (χ0v) is 11.2. The summed E-state index contributed by atoms with van der Waals surface area (Å²) in [6, 6.07) is 8.76. The van der Waals surface area contributed by atoms with Crippen LogP contribution in [-0.2, 0) is 7.05 Å². The third-order valence-corrected chi connectivity index (χ3v) is 3.78. The predicted octanol–water partition coefficient (Wildman–Crippen LogP) is 2.61. The van der Waals surface area contributed by atoms with Gasteiger partial charge < -0.3 is 5.32 Å². The maximum absolute atomic E-state index is 12.8. The van der Waals surface area contributed by atoms with Crippen LogP contribution in [0.2, 0.25) is 0 Å². The second-order valence-electron chi connectivity index (χ2n) is 4.02. The lowest BCUT2D eigenvalue weighted by Crippen LogP contribution is -2.19. The normalized spacial score (nSPS) is 12.6. The van der Waals surface area contributed by atoms with Crippen molar-refractivity contribution in [2.24, 2.45) is 7.05 Å². The molecular formula is C13H16FN3S. The molecule has 1 N–H and O–H groups in total. The Balaban J connectivity index is 1.97. The van der Waals surface area contributed by atoms with Crippen LogP contribution in [0.25, 0.3) is 0 Å². The number of benzene rings is 1. The van der Waals surface area contributed by atoms with Crippen molar-refractivity contribution in [1.29, 1.82) is 0 Å². The fraction of sp³-hybridized carbons (Fsp3) is 0.308. The van der Waals surface area contributed by atoms with Crippen molar-refractivity contribution in [2.45, 2.75) is 10.9 Å². The Bertz CT molecular complexity index is 495. The topological polar surface area (TPSA) is 29.9 Å². The van der Waals surface area contributed by atoms with Gasteiger partial charge in [0.15, 0.2) is 0 Å². The number of rotatable bonds is 5. The molecule has 96 valence electrons. The van der Waals surface area contributed by atoms with E-state index in [1.165, 1.54) is 12.1 Å². The highest BCUT2D eigenvalue weighted by atomic mass is 32.2. The summed E-state index contributed by atoms with van der Waals surface area (Å²) in [7, 11) is 3.83. The third-order valence-electron chi connectivity index (χ3n) is 2.67. The monoisotopic (exact) mass is 265 g/mol. The molecule has 0 aliphatic rings. The van der Waals surface area contributed by atoms with Crippen LogP contribution in [0.3, 0.4) is 0 Å². The number of halogens is 1. The van der Waals surface area contributed by atoms with Crippen LogP contribution in [0, 0.1) is 5.82 Å². The highest BCUT2D eigenvalue weighted by Gasteiger charge is 2.12. The van der Waals surface area contributed by atoms with E-state index in [0.717, 1.165) is 16.3 Å². The first-order chi connectivity index (χ1) is 8.69. The van der Waals surface area contributed by atoms with Gasteiger partial charge in [-0.1, -0.05) is 0 Å². The summed E-state index contributed by atoms with van der Waals surface area (Å²) < 4.78 is 14.6. The van der Waals surface area contributed by atoms with Gasteiger partial charge in [0.1, 0.15) is 5.82 Å². The summed E-state index contributed by atoms with van der Waals surface area (Å²) in [6.45, 7) is 0. The fourth-order valence-electron chi connectivity index (χ4n) is 1.65. The van der Waals surface area contributed by atoms with Gasteiger partial charge in [-0.15, -0.1) is 11.8 Å². The van der Waals surface area contributed by atoms with Gasteiger partial charge in [0.05, 0.1) is 11.7 Å². The smallest absolute Gasteiger partial charge is 0.123 e. The fourth-order valence-corrected chi connectivity index (χ4v) is 2.67. The van der Waals surface area contributed by atoms with Gasteiger partial charge in [-0.2, -0.15) is 5.10 Å². The van der Waals surface area contributed by atoms with E-state index in [2.05, 4.69) is 10.4 Å². The average molecular weight is 265 g/mol. The standard InChI is InChI=1S/C13H16FN3S/c1-15-13(12-7-8-17(2)16-12)9-18-11-5-3-10(14)4-6-11/h3-8,13,15H,9H2,1-2H3. The van der Waals surface area contributed by atoms with Crippen LogP contribution >= 0.6 is 11.8 Å². The van der Waals surface area contributed by atoms with Gasteiger partial charge in [-0.25, -0.2) is 4.39 Å². The first-order valence-corrected chi connectivity index (χ1v) is 6.73. The zero-order chi connectivity index (χ0) is 13.0. The zero-order valence-electron chi connectivity index (χ0n) is 10.4. The molecule has 0 saturated carbocycles. The SMILES string of the molecule is CNC(CSc1ccc(F)cc1)c1ccn(C)n1. The van der Waals surface area contributed by atoms with Gasteiger partial charge in [-0.05, 0) is 37.4 Å². The Hall–Kier alpha value is -1.33. The van der Waals surface area contributed by atoms with Crippen molar-refractivity contribution >= 4 is 11.8 Å². The number of aryl methyl sites for hydroxylation is 1. The Kier molecular flexibility index (Phi) is 4.38. The van der Waals surface area contributed by atoms with Crippen molar-refractivity contribution in [2.75, 3.05) is 12.8 Å². The van der Waals surface area contributed by atoms with Crippen molar-refractivity contribution in [3.05, 3.63) is 48.0 Å². The van der Waals surface area contributed by atoms with Crippen LogP contribution < -0.4 is 5.32 Å². The maximum Gasteiger partial charge on any atom is 0.123 e. The molecule has 1 heterocycles. The Labute approximate surface area is 110 Å². The van der Waals surface area contributed by atoms with Crippen LogP contribution in [0.4, 0.5) is 4.39 Å². The lowest BCUT2D eigenvalue weighted by atomic mass is 10.2. The molecule has 1 unspecified atom stereocenters. The number of thioether (sulfide) groups is 1. The van der Waals surface area contributed by atoms with E-state index >= 15 is 0 Å². The first-order valence-electron chi connectivity index (χ1n) is 5.74. The number of hydrogen-bond acceptors (Lipinski definition) is 3. The molecule has 0 fully saturated rings. The molecule has 0 bridgehead atoms. The van der Waals surface area contributed by atoms with E-state index in [1.807, 2.05) is 26.4 Å². The molecule has 3 nitrogen and oxygen atoms in total. The lowest BCUT2D eigenvalue weighted by molar-refractivity contribution is 0.618. The summed E-state index contributed by atoms with van der Waals surface area (Å²) in [5.74, 6) is 0.660. The minimum Gasteiger partial charge on any atom is -0.311 e.